The molecule has 2 aromatic carbocycles. The van der Waals surface area contributed by atoms with E-state index in [1.807, 2.05) is 44.2 Å². The van der Waals surface area contributed by atoms with Crippen LogP contribution in [0.5, 0.6) is 0 Å². The van der Waals surface area contributed by atoms with Gasteiger partial charge in [0.1, 0.15) is 5.69 Å². The van der Waals surface area contributed by atoms with E-state index in [0.29, 0.717) is 16.8 Å². The third-order valence-electron chi connectivity index (χ3n) is 4.32. The molecule has 0 saturated carbocycles. The highest BCUT2D eigenvalue weighted by atomic mass is 16.6. The van der Waals surface area contributed by atoms with E-state index >= 15 is 0 Å². The maximum atomic E-state index is 12.8. The van der Waals surface area contributed by atoms with Gasteiger partial charge in [0.15, 0.2) is 0 Å². The summed E-state index contributed by atoms with van der Waals surface area (Å²) < 4.78 is 1.64. The number of carbonyl (C=O) groups is 1. The van der Waals surface area contributed by atoms with Crippen LogP contribution in [-0.4, -0.2) is 26.7 Å². The zero-order valence-electron chi connectivity index (χ0n) is 15.1. The molecule has 1 heterocycles. The first-order valence-corrected chi connectivity index (χ1v) is 8.70. The molecule has 3 rings (SSSR count). The molecule has 138 valence electrons. The van der Waals surface area contributed by atoms with E-state index in [-0.39, 0.29) is 17.6 Å². The molecule has 27 heavy (non-hydrogen) atoms. The lowest BCUT2D eigenvalue weighted by Crippen LogP contribution is -2.32. The van der Waals surface area contributed by atoms with Gasteiger partial charge in [-0.05, 0) is 37.6 Å². The first kappa shape index (κ1) is 18.3. The number of hydrogen-bond acceptors (Lipinski definition) is 4. The molecule has 1 aromatic heterocycles. The lowest BCUT2D eigenvalue weighted by Gasteiger charge is -2.11. The average Bonchev–Trinajstić information content (AvgIpc) is 3.14. The molecular formula is C20H20N4O3. The number of carbonyl (C=O) groups excluding carboxylic acids is 1. The SMILES string of the molecule is CCC(C)NC(=O)c1cn(-c2ccccc2)nc1-c1ccc([N+](=O)[O-])cc1. The van der Waals surface area contributed by atoms with Gasteiger partial charge in [-0.25, -0.2) is 4.68 Å². The van der Waals surface area contributed by atoms with Gasteiger partial charge < -0.3 is 5.32 Å². The summed E-state index contributed by atoms with van der Waals surface area (Å²) in [5, 5.41) is 18.4. The summed E-state index contributed by atoms with van der Waals surface area (Å²) in [5.74, 6) is -0.222. The van der Waals surface area contributed by atoms with Crippen molar-refractivity contribution in [1.82, 2.24) is 15.1 Å². The number of nitrogens with zero attached hydrogens (tertiary/aromatic N) is 3. The number of para-hydroxylation sites is 1. The smallest absolute Gasteiger partial charge is 0.269 e. The Balaban J connectivity index is 2.05. The Bertz CT molecular complexity index is 949. The number of nitro benzene ring substituents is 1. The molecule has 0 aliphatic rings. The van der Waals surface area contributed by atoms with Gasteiger partial charge in [0.25, 0.3) is 11.6 Å². The molecule has 7 nitrogen and oxygen atoms in total. The standard InChI is InChI=1S/C20H20N4O3/c1-3-14(2)21-20(25)18-13-23(16-7-5-4-6-8-16)22-19(18)15-9-11-17(12-10-15)24(26)27/h4-14H,3H2,1-2H3,(H,21,25). The fourth-order valence-corrected chi connectivity index (χ4v) is 2.61. The minimum absolute atomic E-state index is 0.00755. The van der Waals surface area contributed by atoms with Crippen molar-refractivity contribution in [2.24, 2.45) is 0 Å². The molecule has 1 unspecified atom stereocenters. The summed E-state index contributed by atoms with van der Waals surface area (Å²) in [6.45, 7) is 3.93. The molecule has 0 saturated heterocycles. The van der Waals surface area contributed by atoms with Crippen LogP contribution in [0.4, 0.5) is 5.69 Å². The molecule has 3 aromatic rings. The van der Waals surface area contributed by atoms with E-state index in [2.05, 4.69) is 10.4 Å². The van der Waals surface area contributed by atoms with Crippen molar-refractivity contribution in [3.63, 3.8) is 0 Å². The van der Waals surface area contributed by atoms with Crippen LogP contribution in [0, 0.1) is 10.1 Å². The molecule has 7 heteroatoms. The number of nitrogens with one attached hydrogen (secondary N) is 1. The summed E-state index contributed by atoms with van der Waals surface area (Å²) in [6, 6.07) is 15.5. The molecule has 1 amide bonds. The van der Waals surface area contributed by atoms with Gasteiger partial charge in [-0.1, -0.05) is 25.1 Å². The Hall–Kier alpha value is -3.48. The van der Waals surface area contributed by atoms with Gasteiger partial charge in [0, 0.05) is 29.9 Å². The topological polar surface area (TPSA) is 90.1 Å². The van der Waals surface area contributed by atoms with Crippen LogP contribution in [0.25, 0.3) is 16.9 Å². The molecule has 0 fully saturated rings. The fourth-order valence-electron chi connectivity index (χ4n) is 2.61. The Kier molecular flexibility index (Phi) is 5.30. The van der Waals surface area contributed by atoms with Crippen molar-refractivity contribution in [3.8, 4) is 16.9 Å². The Labute approximate surface area is 156 Å². The lowest BCUT2D eigenvalue weighted by molar-refractivity contribution is -0.384. The van der Waals surface area contributed by atoms with Crippen LogP contribution in [0.1, 0.15) is 30.6 Å². The molecule has 0 spiro atoms. The summed E-state index contributed by atoms with van der Waals surface area (Å²) >= 11 is 0. The van der Waals surface area contributed by atoms with Crippen LogP contribution < -0.4 is 5.32 Å². The predicted octanol–water partition coefficient (Wildman–Crippen LogP) is 3.98. The Morgan fingerprint density at radius 1 is 1.19 bits per heavy atom. The van der Waals surface area contributed by atoms with E-state index in [9.17, 15) is 14.9 Å². The molecule has 0 bridgehead atoms. The summed E-state index contributed by atoms with van der Waals surface area (Å²) in [6.07, 6.45) is 2.50. The second kappa shape index (κ2) is 7.82. The van der Waals surface area contributed by atoms with Gasteiger partial charge >= 0.3 is 0 Å². The van der Waals surface area contributed by atoms with E-state index in [4.69, 9.17) is 0 Å². The van der Waals surface area contributed by atoms with E-state index < -0.39 is 4.92 Å². The highest BCUT2D eigenvalue weighted by Gasteiger charge is 2.20. The minimum atomic E-state index is -0.455. The van der Waals surface area contributed by atoms with E-state index in [1.165, 1.54) is 12.1 Å². The zero-order valence-corrected chi connectivity index (χ0v) is 15.1. The highest BCUT2D eigenvalue weighted by molar-refractivity contribution is 6.00. The van der Waals surface area contributed by atoms with E-state index in [1.54, 1.807) is 23.0 Å². The van der Waals surface area contributed by atoms with Crippen molar-refractivity contribution in [2.75, 3.05) is 0 Å². The van der Waals surface area contributed by atoms with Crippen molar-refractivity contribution in [2.45, 2.75) is 26.3 Å². The fraction of sp³-hybridized carbons (Fsp3) is 0.200. The van der Waals surface area contributed by atoms with Crippen LogP contribution >= 0.6 is 0 Å². The quantitative estimate of drug-likeness (QED) is 0.529. The molecule has 1 atom stereocenters. The monoisotopic (exact) mass is 364 g/mol. The second-order valence-corrected chi connectivity index (χ2v) is 6.26. The number of nitro groups is 1. The zero-order chi connectivity index (χ0) is 19.4. The molecular weight excluding hydrogens is 344 g/mol. The normalized spacial score (nSPS) is 11.8. The third-order valence-corrected chi connectivity index (χ3v) is 4.32. The molecule has 0 aliphatic carbocycles. The number of benzene rings is 2. The molecule has 0 aliphatic heterocycles. The number of aromatic nitrogens is 2. The van der Waals surface area contributed by atoms with Crippen LogP contribution in [0.2, 0.25) is 0 Å². The summed E-state index contributed by atoms with van der Waals surface area (Å²) in [5.41, 5.74) is 2.36. The minimum Gasteiger partial charge on any atom is -0.349 e. The van der Waals surface area contributed by atoms with Crippen molar-refractivity contribution in [3.05, 3.63) is 76.5 Å². The van der Waals surface area contributed by atoms with Gasteiger partial charge in [0.2, 0.25) is 0 Å². The van der Waals surface area contributed by atoms with Crippen LogP contribution in [-0.2, 0) is 0 Å². The number of rotatable bonds is 6. The van der Waals surface area contributed by atoms with E-state index in [0.717, 1.165) is 12.1 Å². The first-order valence-electron chi connectivity index (χ1n) is 8.70. The number of amides is 1. The maximum absolute atomic E-state index is 12.8. The predicted molar refractivity (Wildman–Crippen MR) is 103 cm³/mol. The molecule has 0 radical (unpaired) electrons. The van der Waals surface area contributed by atoms with Crippen molar-refractivity contribution in [1.29, 1.82) is 0 Å². The number of hydrogen-bond donors (Lipinski definition) is 1. The largest absolute Gasteiger partial charge is 0.349 e. The Morgan fingerprint density at radius 3 is 2.44 bits per heavy atom. The maximum Gasteiger partial charge on any atom is 0.269 e. The van der Waals surface area contributed by atoms with Gasteiger partial charge in [-0.2, -0.15) is 5.10 Å². The van der Waals surface area contributed by atoms with Gasteiger partial charge in [-0.15, -0.1) is 0 Å². The number of non-ortho nitro benzene ring substituents is 1. The third kappa shape index (κ3) is 4.03. The van der Waals surface area contributed by atoms with Crippen molar-refractivity contribution < 1.29 is 9.72 Å². The second-order valence-electron chi connectivity index (χ2n) is 6.26. The average molecular weight is 364 g/mol. The molecule has 1 N–H and O–H groups in total. The summed E-state index contributed by atoms with van der Waals surface area (Å²) in [4.78, 5) is 23.2. The first-order chi connectivity index (χ1) is 13.0. The summed E-state index contributed by atoms with van der Waals surface area (Å²) in [7, 11) is 0. The van der Waals surface area contributed by atoms with Crippen LogP contribution in [0.3, 0.4) is 0 Å². The lowest BCUT2D eigenvalue weighted by atomic mass is 10.1. The van der Waals surface area contributed by atoms with Crippen molar-refractivity contribution >= 4 is 11.6 Å². The van der Waals surface area contributed by atoms with Crippen LogP contribution in [0.15, 0.2) is 60.8 Å². The Morgan fingerprint density at radius 2 is 1.85 bits per heavy atom. The van der Waals surface area contributed by atoms with Gasteiger partial charge in [0.05, 0.1) is 16.2 Å². The highest BCUT2D eigenvalue weighted by Crippen LogP contribution is 2.26. The van der Waals surface area contributed by atoms with Gasteiger partial charge in [-0.3, -0.25) is 14.9 Å².